The van der Waals surface area contributed by atoms with E-state index in [1.807, 2.05) is 6.92 Å². The molecule has 0 aromatic rings. The number of carboxylic acids is 1. The normalized spacial score (nSPS) is 30.3. The number of amides is 1. The molecule has 102 valence electrons. The Labute approximate surface area is 107 Å². The quantitative estimate of drug-likeness (QED) is 0.794. The van der Waals surface area contributed by atoms with Crippen LogP contribution in [0.3, 0.4) is 0 Å². The molecule has 1 amide bonds. The van der Waals surface area contributed by atoms with Crippen molar-refractivity contribution in [2.24, 2.45) is 5.41 Å². The van der Waals surface area contributed by atoms with Crippen LogP contribution in [0.15, 0.2) is 0 Å². The minimum absolute atomic E-state index is 0.119. The maximum Gasteiger partial charge on any atom is 0.310 e. The fourth-order valence-electron chi connectivity index (χ4n) is 2.78. The van der Waals surface area contributed by atoms with Crippen molar-refractivity contribution in [1.82, 2.24) is 5.32 Å². The van der Waals surface area contributed by atoms with Crippen LogP contribution >= 0.6 is 0 Å². The molecular formula is C13H21NO4. The van der Waals surface area contributed by atoms with E-state index in [2.05, 4.69) is 5.32 Å². The van der Waals surface area contributed by atoms with Gasteiger partial charge in [-0.25, -0.2) is 0 Å². The Hall–Kier alpha value is -1.10. The van der Waals surface area contributed by atoms with Gasteiger partial charge in [0.1, 0.15) is 0 Å². The monoisotopic (exact) mass is 255 g/mol. The van der Waals surface area contributed by atoms with E-state index < -0.39 is 11.4 Å². The third-order valence-electron chi connectivity index (χ3n) is 4.11. The smallest absolute Gasteiger partial charge is 0.310 e. The van der Waals surface area contributed by atoms with Crippen LogP contribution in [0.2, 0.25) is 0 Å². The summed E-state index contributed by atoms with van der Waals surface area (Å²) in [6, 6.07) is 0.132. The van der Waals surface area contributed by atoms with Crippen LogP contribution in [0, 0.1) is 5.41 Å². The summed E-state index contributed by atoms with van der Waals surface area (Å²) in [6.45, 7) is 2.65. The van der Waals surface area contributed by atoms with Gasteiger partial charge >= 0.3 is 5.97 Å². The Kier molecular flexibility index (Phi) is 3.90. The molecule has 18 heavy (non-hydrogen) atoms. The van der Waals surface area contributed by atoms with Gasteiger partial charge in [0.15, 0.2) is 0 Å². The van der Waals surface area contributed by atoms with Crippen LogP contribution in [-0.4, -0.2) is 35.7 Å². The molecule has 1 aliphatic carbocycles. The molecule has 1 saturated carbocycles. The fourth-order valence-corrected chi connectivity index (χ4v) is 2.78. The summed E-state index contributed by atoms with van der Waals surface area (Å²) in [7, 11) is 0. The lowest BCUT2D eigenvalue weighted by Crippen LogP contribution is -2.46. The molecule has 5 heteroatoms. The molecule has 0 spiro atoms. The zero-order valence-corrected chi connectivity index (χ0v) is 10.8. The number of hydrogen-bond donors (Lipinski definition) is 2. The third kappa shape index (κ3) is 2.83. The highest BCUT2D eigenvalue weighted by molar-refractivity contribution is 5.85. The van der Waals surface area contributed by atoms with Crippen LogP contribution in [0.5, 0.6) is 0 Å². The zero-order chi connectivity index (χ0) is 13.2. The van der Waals surface area contributed by atoms with E-state index in [4.69, 9.17) is 4.74 Å². The second-order valence-electron chi connectivity index (χ2n) is 5.59. The van der Waals surface area contributed by atoms with E-state index in [9.17, 15) is 14.7 Å². The Balaban J connectivity index is 1.83. The second kappa shape index (κ2) is 5.26. The number of rotatable bonds is 4. The van der Waals surface area contributed by atoms with E-state index in [1.54, 1.807) is 0 Å². The van der Waals surface area contributed by atoms with Gasteiger partial charge in [0.25, 0.3) is 0 Å². The average Bonchev–Trinajstić information content (AvgIpc) is 2.23. The second-order valence-corrected chi connectivity index (χ2v) is 5.59. The molecule has 2 aliphatic rings. The van der Waals surface area contributed by atoms with Crippen molar-refractivity contribution in [1.29, 1.82) is 0 Å². The Morgan fingerprint density at radius 3 is 2.67 bits per heavy atom. The number of carbonyl (C=O) groups excluding carboxylic acids is 1. The van der Waals surface area contributed by atoms with Gasteiger partial charge in [-0.15, -0.1) is 0 Å². The minimum atomic E-state index is -0.829. The molecule has 2 rings (SSSR count). The molecule has 0 bridgehead atoms. The molecule has 1 saturated heterocycles. The third-order valence-corrected chi connectivity index (χ3v) is 4.11. The average molecular weight is 255 g/mol. The highest BCUT2D eigenvalue weighted by atomic mass is 16.5. The summed E-state index contributed by atoms with van der Waals surface area (Å²) in [5.74, 6) is -0.958. The first-order valence-corrected chi connectivity index (χ1v) is 6.66. The molecule has 2 N–H and O–H groups in total. The summed E-state index contributed by atoms with van der Waals surface area (Å²) in [4.78, 5) is 23.1. The molecular weight excluding hydrogens is 234 g/mol. The van der Waals surface area contributed by atoms with E-state index in [-0.39, 0.29) is 24.5 Å². The summed E-state index contributed by atoms with van der Waals surface area (Å²) in [5.41, 5.74) is -0.791. The van der Waals surface area contributed by atoms with Crippen LogP contribution in [-0.2, 0) is 14.3 Å². The molecule has 0 radical (unpaired) electrons. The molecule has 2 unspecified atom stereocenters. The first-order valence-electron chi connectivity index (χ1n) is 6.66. The molecule has 5 nitrogen and oxygen atoms in total. The Morgan fingerprint density at radius 2 is 2.17 bits per heavy atom. The van der Waals surface area contributed by atoms with Crippen molar-refractivity contribution in [3.63, 3.8) is 0 Å². The van der Waals surface area contributed by atoms with E-state index >= 15 is 0 Å². The minimum Gasteiger partial charge on any atom is -0.481 e. The molecule has 2 fully saturated rings. The van der Waals surface area contributed by atoms with Crippen LogP contribution in [0.4, 0.5) is 0 Å². The highest BCUT2D eigenvalue weighted by Gasteiger charge is 2.46. The lowest BCUT2D eigenvalue weighted by atomic mass is 9.66. The van der Waals surface area contributed by atoms with Gasteiger partial charge in [-0.05, 0) is 32.6 Å². The summed E-state index contributed by atoms with van der Waals surface area (Å²) in [5, 5.41) is 12.1. The largest absolute Gasteiger partial charge is 0.481 e. The predicted octanol–water partition coefficient (Wildman–Crippen LogP) is 1.32. The van der Waals surface area contributed by atoms with Crippen molar-refractivity contribution >= 4 is 11.9 Å². The van der Waals surface area contributed by atoms with Gasteiger partial charge in [-0.1, -0.05) is 6.42 Å². The van der Waals surface area contributed by atoms with Crippen molar-refractivity contribution in [3.8, 4) is 0 Å². The maximum absolute atomic E-state index is 11.9. The van der Waals surface area contributed by atoms with E-state index in [1.165, 1.54) is 0 Å². The van der Waals surface area contributed by atoms with Crippen LogP contribution in [0.1, 0.15) is 45.4 Å². The van der Waals surface area contributed by atoms with Crippen molar-refractivity contribution in [2.75, 3.05) is 6.61 Å². The number of ether oxygens (including phenoxy) is 1. The molecule has 2 atom stereocenters. The lowest BCUT2D eigenvalue weighted by Gasteiger charge is -2.37. The molecule has 1 aliphatic heterocycles. The van der Waals surface area contributed by atoms with Crippen molar-refractivity contribution in [3.05, 3.63) is 0 Å². The SMILES string of the molecule is CC1CC(NC(=O)CC2(C(=O)O)CCC2)CCO1. The molecule has 0 aromatic heterocycles. The summed E-state index contributed by atoms with van der Waals surface area (Å²) in [6.07, 6.45) is 4.07. The van der Waals surface area contributed by atoms with Gasteiger partial charge in [-0.3, -0.25) is 9.59 Å². The van der Waals surface area contributed by atoms with E-state index in [0.717, 1.165) is 19.3 Å². The van der Waals surface area contributed by atoms with Gasteiger partial charge < -0.3 is 15.2 Å². The standard InChI is InChI=1S/C13H21NO4/c1-9-7-10(3-6-18-9)14-11(15)8-13(12(16)17)4-2-5-13/h9-10H,2-8H2,1H3,(H,14,15)(H,16,17). The summed E-state index contributed by atoms with van der Waals surface area (Å²) >= 11 is 0. The first-order chi connectivity index (χ1) is 8.52. The predicted molar refractivity (Wildman–Crippen MR) is 65.1 cm³/mol. The first kappa shape index (κ1) is 13.3. The van der Waals surface area contributed by atoms with Crippen molar-refractivity contribution in [2.45, 2.75) is 57.6 Å². The number of nitrogens with one attached hydrogen (secondary N) is 1. The number of carbonyl (C=O) groups is 2. The number of hydrogen-bond acceptors (Lipinski definition) is 3. The van der Waals surface area contributed by atoms with E-state index in [0.29, 0.717) is 19.4 Å². The maximum atomic E-state index is 11.9. The topological polar surface area (TPSA) is 75.6 Å². The van der Waals surface area contributed by atoms with Crippen molar-refractivity contribution < 1.29 is 19.4 Å². The van der Waals surface area contributed by atoms with Gasteiger partial charge in [0.05, 0.1) is 11.5 Å². The van der Waals surface area contributed by atoms with Gasteiger partial charge in [0, 0.05) is 19.1 Å². The fraction of sp³-hybridized carbons (Fsp3) is 0.846. The number of carboxylic acid groups (broad SMARTS) is 1. The molecule has 1 heterocycles. The summed E-state index contributed by atoms with van der Waals surface area (Å²) < 4.78 is 5.42. The highest BCUT2D eigenvalue weighted by Crippen LogP contribution is 2.44. The molecule has 0 aromatic carbocycles. The lowest BCUT2D eigenvalue weighted by molar-refractivity contribution is -0.157. The zero-order valence-electron chi connectivity index (χ0n) is 10.8. The van der Waals surface area contributed by atoms with Crippen LogP contribution in [0.25, 0.3) is 0 Å². The number of aliphatic carboxylic acids is 1. The Bertz CT molecular complexity index is 338. The van der Waals surface area contributed by atoms with Gasteiger partial charge in [-0.2, -0.15) is 0 Å². The van der Waals surface area contributed by atoms with Crippen LogP contribution < -0.4 is 5.32 Å². The van der Waals surface area contributed by atoms with Gasteiger partial charge in [0.2, 0.25) is 5.91 Å². The Morgan fingerprint density at radius 1 is 1.44 bits per heavy atom.